The molecule has 0 saturated carbocycles. The quantitative estimate of drug-likeness (QED) is 0.798. The van der Waals surface area contributed by atoms with E-state index in [9.17, 15) is 4.79 Å². The number of aromatic nitrogens is 1. The summed E-state index contributed by atoms with van der Waals surface area (Å²) >= 11 is 0. The van der Waals surface area contributed by atoms with Crippen LogP contribution in [-0.2, 0) is 32.7 Å². The molecule has 2 aromatic rings. The van der Waals surface area contributed by atoms with Gasteiger partial charge in [0.1, 0.15) is 5.75 Å². The van der Waals surface area contributed by atoms with Gasteiger partial charge in [0.25, 0.3) is 0 Å². The van der Waals surface area contributed by atoms with Gasteiger partial charge in [-0.05, 0) is 24.3 Å². The van der Waals surface area contributed by atoms with Crippen molar-refractivity contribution in [3.05, 3.63) is 59.0 Å². The van der Waals surface area contributed by atoms with Crippen molar-refractivity contribution in [1.82, 2.24) is 4.57 Å². The Hall–Kier alpha value is -0.926. The van der Waals surface area contributed by atoms with Crippen molar-refractivity contribution in [1.29, 1.82) is 0 Å². The first-order valence-corrected chi connectivity index (χ1v) is 4.15. The van der Waals surface area contributed by atoms with Crippen LogP contribution in [-0.4, -0.2) is 9.67 Å². The molecule has 1 aromatic heterocycles. The summed E-state index contributed by atoms with van der Waals surface area (Å²) in [5.41, 5.74) is 0.596. The Balaban J connectivity index is 0.00000112. The molecule has 0 aliphatic carbocycles. The number of hydrogen-bond acceptors (Lipinski definition) is 2. The predicted molar refractivity (Wildman–Crippen MR) is 52.5 cm³/mol. The fourth-order valence-electron chi connectivity index (χ4n) is 1.20. The van der Waals surface area contributed by atoms with Crippen molar-refractivity contribution in [3.63, 3.8) is 0 Å². The minimum Gasteiger partial charge on any atom is -0.508 e. The second kappa shape index (κ2) is 5.24. The monoisotopic (exact) mass is 275 g/mol. The van der Waals surface area contributed by atoms with Gasteiger partial charge in [-0.15, -0.1) is 6.07 Å². The van der Waals surface area contributed by atoms with E-state index >= 15 is 0 Å². The third-order valence-electron chi connectivity index (χ3n) is 1.89. The Morgan fingerprint density at radius 3 is 2.40 bits per heavy atom. The summed E-state index contributed by atoms with van der Waals surface area (Å²) in [6.07, 6.45) is 1.56. The molecule has 1 radical (unpaired) electrons. The molecule has 1 heterocycles. The molecule has 0 atom stereocenters. The molecule has 0 unspecified atom stereocenters. The number of phenols is 1. The van der Waals surface area contributed by atoms with Gasteiger partial charge in [0, 0.05) is 38.4 Å². The summed E-state index contributed by atoms with van der Waals surface area (Å²) < 4.78 is 1.46. The van der Waals surface area contributed by atoms with Gasteiger partial charge in [0.2, 0.25) is 0 Å². The van der Waals surface area contributed by atoms with Crippen LogP contribution in [0.15, 0.2) is 47.4 Å². The Morgan fingerprint density at radius 2 is 1.80 bits per heavy atom. The summed E-state index contributed by atoms with van der Waals surface area (Å²) in [7, 11) is 0. The molecule has 0 aliphatic heterocycles. The van der Waals surface area contributed by atoms with Crippen LogP contribution in [0, 0.1) is 6.07 Å². The minimum absolute atomic E-state index is 0. The molecule has 3 nitrogen and oxygen atoms in total. The average molecular weight is 275 g/mol. The zero-order valence-electron chi connectivity index (χ0n) is 7.92. The van der Waals surface area contributed by atoms with E-state index in [1.54, 1.807) is 24.4 Å². The molecular weight excluding hydrogens is 267 g/mol. The van der Waals surface area contributed by atoms with Crippen molar-refractivity contribution in [3.8, 4) is 11.4 Å². The van der Waals surface area contributed by atoms with Crippen molar-refractivity contribution in [2.24, 2.45) is 0 Å². The molecule has 15 heavy (non-hydrogen) atoms. The van der Waals surface area contributed by atoms with Gasteiger partial charge in [-0.3, -0.25) is 4.79 Å². The second-order valence-electron chi connectivity index (χ2n) is 2.85. The van der Waals surface area contributed by atoms with Gasteiger partial charge in [-0.2, -0.15) is 0 Å². The molecule has 0 bridgehead atoms. The standard InChI is InChI=1S/C11H8NO2.Y/c13-10-6-4-9(5-7-10)12-8-2-1-3-11(12)14;/h1,3-8,13H;/q-1;. The van der Waals surface area contributed by atoms with E-state index in [2.05, 4.69) is 6.07 Å². The predicted octanol–water partition coefficient (Wildman–Crippen LogP) is 1.34. The molecule has 1 N–H and O–H groups in total. The van der Waals surface area contributed by atoms with E-state index in [0.29, 0.717) is 5.69 Å². The number of aromatic hydroxyl groups is 1. The number of benzene rings is 1. The van der Waals surface area contributed by atoms with Crippen molar-refractivity contribution in [2.75, 3.05) is 0 Å². The number of rotatable bonds is 1. The Bertz CT molecular complexity index is 490. The van der Waals surface area contributed by atoms with Gasteiger partial charge in [0.05, 0.1) is 0 Å². The molecule has 0 amide bonds. The fourth-order valence-corrected chi connectivity index (χ4v) is 1.20. The van der Waals surface area contributed by atoms with Crippen molar-refractivity contribution < 1.29 is 37.8 Å². The number of hydrogen-bond donors (Lipinski definition) is 1. The number of nitrogens with zero attached hydrogens (tertiary/aromatic N) is 1. The minimum atomic E-state index is -0.116. The topological polar surface area (TPSA) is 42.2 Å². The van der Waals surface area contributed by atoms with Crippen LogP contribution in [0.4, 0.5) is 0 Å². The molecule has 0 saturated heterocycles. The number of pyridine rings is 1. The molecule has 73 valence electrons. The second-order valence-corrected chi connectivity index (χ2v) is 2.85. The third-order valence-corrected chi connectivity index (χ3v) is 1.89. The number of phenolic OH excluding ortho intramolecular Hbond substituents is 1. The normalized spacial score (nSPS) is 9.33. The molecule has 2 rings (SSSR count). The van der Waals surface area contributed by atoms with Crippen LogP contribution >= 0.6 is 0 Å². The van der Waals surface area contributed by atoms with Crippen molar-refractivity contribution >= 4 is 0 Å². The Kier molecular flexibility index (Phi) is 4.24. The van der Waals surface area contributed by atoms with Gasteiger partial charge < -0.3 is 9.67 Å². The largest absolute Gasteiger partial charge is 0.508 e. The van der Waals surface area contributed by atoms with E-state index in [0.717, 1.165) is 0 Å². The summed E-state index contributed by atoms with van der Waals surface area (Å²) in [6, 6.07) is 12.2. The summed E-state index contributed by atoms with van der Waals surface area (Å²) in [6.45, 7) is 0. The Morgan fingerprint density at radius 1 is 1.13 bits per heavy atom. The first kappa shape index (κ1) is 12.1. The maximum atomic E-state index is 11.4. The van der Waals surface area contributed by atoms with Gasteiger partial charge in [-0.25, -0.2) is 12.1 Å². The molecule has 0 fully saturated rings. The third kappa shape index (κ3) is 2.77. The fraction of sp³-hybridized carbons (Fsp3) is 0. The summed E-state index contributed by atoms with van der Waals surface area (Å²) in [5.74, 6) is 0.182. The van der Waals surface area contributed by atoms with Crippen LogP contribution in [0.25, 0.3) is 5.69 Å². The molecule has 4 heteroatoms. The van der Waals surface area contributed by atoms with Gasteiger partial charge >= 0.3 is 0 Å². The molecule has 1 aromatic carbocycles. The first-order valence-electron chi connectivity index (χ1n) is 4.15. The smallest absolute Gasteiger partial charge is 0.172 e. The first-order chi connectivity index (χ1) is 6.77. The SMILES string of the molecule is O=c1cc[c-]cn1-c1ccc(O)cc1.[Y]. The zero-order valence-corrected chi connectivity index (χ0v) is 10.8. The maximum absolute atomic E-state index is 11.4. The van der Waals surface area contributed by atoms with Crippen LogP contribution in [0.3, 0.4) is 0 Å². The van der Waals surface area contributed by atoms with Gasteiger partial charge in [-0.1, -0.05) is 6.20 Å². The van der Waals surface area contributed by atoms with Crippen LogP contribution in [0.5, 0.6) is 5.75 Å². The summed E-state index contributed by atoms with van der Waals surface area (Å²) in [4.78, 5) is 11.4. The van der Waals surface area contributed by atoms with E-state index in [1.807, 2.05) is 0 Å². The van der Waals surface area contributed by atoms with Crippen molar-refractivity contribution in [2.45, 2.75) is 0 Å². The maximum Gasteiger partial charge on any atom is 0.172 e. The molecular formula is C11H8NO2Y-. The average Bonchev–Trinajstić information content (AvgIpc) is 2.20. The molecule has 0 spiro atoms. The van der Waals surface area contributed by atoms with E-state index < -0.39 is 0 Å². The van der Waals surface area contributed by atoms with Crippen LogP contribution in [0.1, 0.15) is 0 Å². The van der Waals surface area contributed by atoms with E-state index in [-0.39, 0.29) is 44.0 Å². The zero-order chi connectivity index (χ0) is 9.97. The molecule has 0 aliphatic rings. The van der Waals surface area contributed by atoms with E-state index in [4.69, 9.17) is 5.11 Å². The van der Waals surface area contributed by atoms with E-state index in [1.165, 1.54) is 22.8 Å². The van der Waals surface area contributed by atoms with Crippen LogP contribution < -0.4 is 5.56 Å². The summed E-state index contributed by atoms with van der Waals surface area (Å²) in [5, 5.41) is 9.08. The van der Waals surface area contributed by atoms with Crippen LogP contribution in [0.2, 0.25) is 0 Å². The van der Waals surface area contributed by atoms with Gasteiger partial charge in [0.15, 0.2) is 5.56 Å². The Labute approximate surface area is 112 Å².